The highest BCUT2D eigenvalue weighted by atomic mass is 35.5. The van der Waals surface area contributed by atoms with Crippen LogP contribution in [-0.2, 0) is 6.61 Å². The molecule has 0 saturated heterocycles. The van der Waals surface area contributed by atoms with E-state index in [9.17, 15) is 4.79 Å². The van der Waals surface area contributed by atoms with Crippen molar-refractivity contribution >= 4 is 58.3 Å². The molecular weight excluding hydrogens is 454 g/mol. The van der Waals surface area contributed by atoms with E-state index in [2.05, 4.69) is 0 Å². The smallest absolute Gasteiger partial charge is 0.231 e. The van der Waals surface area contributed by atoms with E-state index in [0.29, 0.717) is 42.7 Å². The fourth-order valence-corrected chi connectivity index (χ4v) is 3.66. The lowest BCUT2D eigenvalue weighted by Gasteiger charge is -2.09. The second-order valence-electron chi connectivity index (χ2n) is 6.27. The summed E-state index contributed by atoms with van der Waals surface area (Å²) in [5, 5.41) is 1.84. The van der Waals surface area contributed by atoms with Gasteiger partial charge in [0, 0.05) is 21.7 Å². The van der Waals surface area contributed by atoms with Crippen molar-refractivity contribution in [1.29, 1.82) is 0 Å². The molecule has 4 rings (SSSR count). The number of hydrogen-bond donors (Lipinski definition) is 0. The summed E-state index contributed by atoms with van der Waals surface area (Å²) in [4.78, 5) is 12.6. The number of Topliss-reactive ketones (excluding diaryl/α,β-unsaturated/α-hetero) is 1. The molecule has 0 unspecified atom stereocenters. The lowest BCUT2D eigenvalue weighted by atomic mass is 10.1. The van der Waals surface area contributed by atoms with Crippen LogP contribution < -0.4 is 9.47 Å². The normalized spacial score (nSPS) is 14.1. The van der Waals surface area contributed by atoms with Crippen molar-refractivity contribution in [3.8, 4) is 11.5 Å². The predicted octanol–water partition coefficient (Wildman–Crippen LogP) is 7.50. The summed E-state index contributed by atoms with van der Waals surface area (Å²) in [6.07, 6.45) is 1.57. The van der Waals surface area contributed by atoms with Crippen molar-refractivity contribution in [3.05, 3.63) is 97.1 Å². The maximum atomic E-state index is 12.6. The van der Waals surface area contributed by atoms with Crippen LogP contribution in [0.5, 0.6) is 11.5 Å². The number of hydrogen-bond acceptors (Lipinski definition) is 3. The van der Waals surface area contributed by atoms with Crippen LogP contribution in [0.3, 0.4) is 0 Å². The van der Waals surface area contributed by atoms with Crippen LogP contribution in [0.1, 0.15) is 21.5 Å². The topological polar surface area (TPSA) is 35.5 Å². The van der Waals surface area contributed by atoms with Gasteiger partial charge in [-0.3, -0.25) is 4.79 Å². The standard InChI is InChI=1S/C22H12Cl4O3/c23-14-5-4-13(18(25)9-14)11-28-15-6-7-16-19(10-15)29-20(22(16)27)8-12-2-1-3-17(24)21(12)26/h1-10H,11H2/b20-8-. The number of ketones is 1. The fourth-order valence-electron chi connectivity index (χ4n) is 2.83. The third-order valence-electron chi connectivity index (χ3n) is 4.32. The van der Waals surface area contributed by atoms with Crippen LogP contribution in [0.4, 0.5) is 0 Å². The van der Waals surface area contributed by atoms with Crippen molar-refractivity contribution in [1.82, 2.24) is 0 Å². The largest absolute Gasteiger partial charge is 0.489 e. The van der Waals surface area contributed by atoms with E-state index in [4.69, 9.17) is 55.9 Å². The van der Waals surface area contributed by atoms with E-state index in [1.165, 1.54) is 0 Å². The number of benzene rings is 3. The number of ether oxygens (including phenoxy) is 2. The zero-order chi connectivity index (χ0) is 20.5. The summed E-state index contributed by atoms with van der Waals surface area (Å²) in [6, 6.07) is 15.4. The van der Waals surface area contributed by atoms with E-state index >= 15 is 0 Å². The Hall–Kier alpha value is -2.17. The molecule has 3 aromatic rings. The van der Waals surface area contributed by atoms with Gasteiger partial charge in [0.2, 0.25) is 5.78 Å². The molecule has 7 heteroatoms. The number of carbonyl (C=O) groups excluding carboxylic acids is 1. The highest BCUT2D eigenvalue weighted by Crippen LogP contribution is 2.36. The first kappa shape index (κ1) is 20.1. The Morgan fingerprint density at radius 2 is 1.76 bits per heavy atom. The SMILES string of the molecule is O=C1/C(=C/c2cccc(Cl)c2Cl)Oc2cc(OCc3ccc(Cl)cc3Cl)ccc21. The average molecular weight is 466 g/mol. The molecule has 3 nitrogen and oxygen atoms in total. The molecule has 0 N–H and O–H groups in total. The first-order valence-electron chi connectivity index (χ1n) is 8.51. The Kier molecular flexibility index (Phi) is 5.75. The summed E-state index contributed by atoms with van der Waals surface area (Å²) in [5.41, 5.74) is 1.85. The van der Waals surface area contributed by atoms with Crippen LogP contribution >= 0.6 is 46.4 Å². The molecule has 3 aromatic carbocycles. The molecule has 1 aliphatic rings. The molecule has 0 atom stereocenters. The first-order chi connectivity index (χ1) is 13.9. The van der Waals surface area contributed by atoms with Gasteiger partial charge in [0.25, 0.3) is 0 Å². The zero-order valence-corrected chi connectivity index (χ0v) is 17.7. The minimum absolute atomic E-state index is 0.169. The van der Waals surface area contributed by atoms with Gasteiger partial charge in [0.15, 0.2) is 5.76 Å². The summed E-state index contributed by atoms with van der Waals surface area (Å²) in [5.74, 6) is 0.897. The maximum Gasteiger partial charge on any atom is 0.231 e. The third-order valence-corrected chi connectivity index (χ3v) is 5.74. The van der Waals surface area contributed by atoms with Crippen LogP contribution in [0.2, 0.25) is 20.1 Å². The molecule has 1 aliphatic heterocycles. The molecule has 0 spiro atoms. The third kappa shape index (κ3) is 4.24. The molecule has 1 heterocycles. The molecule has 29 heavy (non-hydrogen) atoms. The van der Waals surface area contributed by atoms with E-state index in [0.717, 1.165) is 5.56 Å². The van der Waals surface area contributed by atoms with Crippen LogP contribution in [0.25, 0.3) is 6.08 Å². The Labute approximate surface area is 187 Å². The van der Waals surface area contributed by atoms with Gasteiger partial charge in [0.05, 0.1) is 15.6 Å². The summed E-state index contributed by atoms with van der Waals surface area (Å²) in [6.45, 7) is 0.254. The second kappa shape index (κ2) is 8.29. The number of allylic oxidation sites excluding steroid dienone is 1. The lowest BCUT2D eigenvalue weighted by Crippen LogP contribution is -1.98. The quantitative estimate of drug-likeness (QED) is 0.374. The highest BCUT2D eigenvalue weighted by molar-refractivity contribution is 6.43. The highest BCUT2D eigenvalue weighted by Gasteiger charge is 2.28. The van der Waals surface area contributed by atoms with Crippen LogP contribution in [0, 0.1) is 0 Å². The maximum absolute atomic E-state index is 12.6. The number of rotatable bonds is 4. The van der Waals surface area contributed by atoms with Gasteiger partial charge in [-0.1, -0.05) is 64.6 Å². The van der Waals surface area contributed by atoms with E-state index in [1.54, 1.807) is 60.7 Å². The summed E-state index contributed by atoms with van der Waals surface area (Å²) in [7, 11) is 0. The van der Waals surface area contributed by atoms with Crippen molar-refractivity contribution < 1.29 is 14.3 Å². The minimum atomic E-state index is -0.233. The van der Waals surface area contributed by atoms with Crippen molar-refractivity contribution in [2.75, 3.05) is 0 Å². The molecule has 0 radical (unpaired) electrons. The van der Waals surface area contributed by atoms with E-state index in [-0.39, 0.29) is 18.1 Å². The summed E-state index contributed by atoms with van der Waals surface area (Å²) < 4.78 is 11.5. The van der Waals surface area contributed by atoms with Gasteiger partial charge in [-0.05, 0) is 42.0 Å². The van der Waals surface area contributed by atoms with Crippen molar-refractivity contribution in [2.45, 2.75) is 6.61 Å². The number of carbonyl (C=O) groups is 1. The molecular formula is C22H12Cl4O3. The van der Waals surface area contributed by atoms with Crippen LogP contribution in [0.15, 0.2) is 60.4 Å². The zero-order valence-electron chi connectivity index (χ0n) is 14.7. The minimum Gasteiger partial charge on any atom is -0.489 e. The molecule has 0 aromatic heterocycles. The molecule has 0 aliphatic carbocycles. The van der Waals surface area contributed by atoms with Gasteiger partial charge in [-0.15, -0.1) is 0 Å². The Balaban J connectivity index is 1.54. The average Bonchev–Trinajstić information content (AvgIpc) is 3.00. The Morgan fingerprint density at radius 1 is 0.931 bits per heavy atom. The van der Waals surface area contributed by atoms with Gasteiger partial charge in [-0.2, -0.15) is 0 Å². The van der Waals surface area contributed by atoms with E-state index in [1.807, 2.05) is 0 Å². The van der Waals surface area contributed by atoms with Gasteiger partial charge >= 0.3 is 0 Å². The monoisotopic (exact) mass is 464 g/mol. The first-order valence-corrected chi connectivity index (χ1v) is 10.0. The fraction of sp³-hybridized carbons (Fsp3) is 0.0455. The van der Waals surface area contributed by atoms with Crippen LogP contribution in [-0.4, -0.2) is 5.78 Å². The molecule has 146 valence electrons. The van der Waals surface area contributed by atoms with Gasteiger partial charge in [-0.25, -0.2) is 0 Å². The van der Waals surface area contributed by atoms with Crippen molar-refractivity contribution in [3.63, 3.8) is 0 Å². The van der Waals surface area contributed by atoms with Gasteiger partial charge in [0.1, 0.15) is 18.1 Å². The molecule has 0 fully saturated rings. The van der Waals surface area contributed by atoms with Crippen molar-refractivity contribution in [2.24, 2.45) is 0 Å². The summed E-state index contributed by atoms with van der Waals surface area (Å²) >= 11 is 24.3. The Bertz CT molecular complexity index is 1150. The number of halogens is 4. The number of fused-ring (bicyclic) bond motifs is 1. The second-order valence-corrected chi connectivity index (χ2v) is 7.89. The molecule has 0 bridgehead atoms. The van der Waals surface area contributed by atoms with Gasteiger partial charge < -0.3 is 9.47 Å². The predicted molar refractivity (Wildman–Crippen MR) is 117 cm³/mol. The molecule has 0 amide bonds. The van der Waals surface area contributed by atoms with E-state index < -0.39 is 0 Å². The lowest BCUT2D eigenvalue weighted by molar-refractivity contribution is 0.101. The Morgan fingerprint density at radius 3 is 2.55 bits per heavy atom. The molecule has 0 saturated carbocycles.